The molecular formula is C17H23NO2. The van der Waals surface area contributed by atoms with E-state index in [0.29, 0.717) is 0 Å². The van der Waals surface area contributed by atoms with Crippen molar-refractivity contribution in [2.24, 2.45) is 0 Å². The molecule has 1 aromatic heterocycles. The summed E-state index contributed by atoms with van der Waals surface area (Å²) in [5, 5.41) is 3.56. The summed E-state index contributed by atoms with van der Waals surface area (Å²) in [7, 11) is 0. The van der Waals surface area contributed by atoms with Crippen LogP contribution in [0.3, 0.4) is 0 Å². The first kappa shape index (κ1) is 14.7. The van der Waals surface area contributed by atoms with Gasteiger partial charge in [-0.1, -0.05) is 32.0 Å². The Balaban J connectivity index is 2.28. The minimum atomic E-state index is 0.113. The van der Waals surface area contributed by atoms with E-state index in [1.54, 1.807) is 12.5 Å². The zero-order chi connectivity index (χ0) is 14.2. The molecule has 2 aromatic rings. The highest BCUT2D eigenvalue weighted by Crippen LogP contribution is 2.30. The van der Waals surface area contributed by atoms with E-state index in [0.717, 1.165) is 42.9 Å². The number of benzene rings is 1. The van der Waals surface area contributed by atoms with Crippen LogP contribution in [0.1, 0.15) is 43.9 Å². The summed E-state index contributed by atoms with van der Waals surface area (Å²) in [5.74, 6) is 0.948. The third-order valence-corrected chi connectivity index (χ3v) is 3.17. The molecule has 3 heteroatoms. The first-order valence-corrected chi connectivity index (χ1v) is 7.34. The monoisotopic (exact) mass is 273 g/mol. The molecule has 0 saturated heterocycles. The van der Waals surface area contributed by atoms with Crippen LogP contribution in [0, 0.1) is 0 Å². The van der Waals surface area contributed by atoms with Crippen molar-refractivity contribution in [1.29, 1.82) is 0 Å². The van der Waals surface area contributed by atoms with Crippen molar-refractivity contribution in [3.8, 4) is 5.75 Å². The van der Waals surface area contributed by atoms with Gasteiger partial charge in [0, 0.05) is 11.1 Å². The lowest BCUT2D eigenvalue weighted by Gasteiger charge is -2.20. The molecular weight excluding hydrogens is 250 g/mol. The fourth-order valence-corrected chi connectivity index (χ4v) is 2.20. The molecule has 0 bridgehead atoms. The predicted molar refractivity (Wildman–Crippen MR) is 81.1 cm³/mol. The molecule has 1 aromatic carbocycles. The summed E-state index contributed by atoms with van der Waals surface area (Å²) in [5.41, 5.74) is 2.29. The van der Waals surface area contributed by atoms with E-state index in [9.17, 15) is 0 Å². The smallest absolute Gasteiger partial charge is 0.124 e. The molecule has 0 fully saturated rings. The summed E-state index contributed by atoms with van der Waals surface area (Å²) >= 11 is 0. The van der Waals surface area contributed by atoms with Crippen molar-refractivity contribution in [2.45, 2.75) is 32.7 Å². The topological polar surface area (TPSA) is 34.4 Å². The molecule has 0 saturated carbocycles. The van der Waals surface area contributed by atoms with Crippen molar-refractivity contribution >= 4 is 0 Å². The first-order chi connectivity index (χ1) is 9.86. The first-order valence-electron chi connectivity index (χ1n) is 7.34. The highest BCUT2D eigenvalue weighted by atomic mass is 16.5. The Morgan fingerprint density at radius 1 is 1.15 bits per heavy atom. The Morgan fingerprint density at radius 3 is 2.70 bits per heavy atom. The normalized spacial score (nSPS) is 12.3. The van der Waals surface area contributed by atoms with Gasteiger partial charge in [-0.3, -0.25) is 0 Å². The maximum Gasteiger partial charge on any atom is 0.124 e. The van der Waals surface area contributed by atoms with Crippen LogP contribution in [0.4, 0.5) is 0 Å². The van der Waals surface area contributed by atoms with Gasteiger partial charge in [-0.2, -0.15) is 0 Å². The van der Waals surface area contributed by atoms with Gasteiger partial charge in [-0.15, -0.1) is 0 Å². The molecule has 1 atom stereocenters. The van der Waals surface area contributed by atoms with Crippen LogP contribution >= 0.6 is 0 Å². The van der Waals surface area contributed by atoms with E-state index >= 15 is 0 Å². The quantitative estimate of drug-likeness (QED) is 0.784. The van der Waals surface area contributed by atoms with E-state index in [1.807, 2.05) is 18.2 Å². The molecule has 2 rings (SSSR count). The number of ether oxygens (including phenoxy) is 1. The van der Waals surface area contributed by atoms with Gasteiger partial charge in [-0.25, -0.2) is 0 Å². The van der Waals surface area contributed by atoms with Crippen LogP contribution in [0.5, 0.6) is 5.75 Å². The summed E-state index contributed by atoms with van der Waals surface area (Å²) in [4.78, 5) is 0. The van der Waals surface area contributed by atoms with E-state index < -0.39 is 0 Å². The average Bonchev–Trinajstić information content (AvgIpc) is 3.01. The predicted octanol–water partition coefficient (Wildman–Crippen LogP) is 4.16. The van der Waals surface area contributed by atoms with Crippen LogP contribution in [0.15, 0.2) is 47.3 Å². The average molecular weight is 273 g/mol. The van der Waals surface area contributed by atoms with Crippen molar-refractivity contribution in [1.82, 2.24) is 5.32 Å². The maximum atomic E-state index is 5.87. The summed E-state index contributed by atoms with van der Waals surface area (Å²) in [6, 6.07) is 10.3. The van der Waals surface area contributed by atoms with Crippen molar-refractivity contribution in [3.05, 3.63) is 54.0 Å². The molecule has 20 heavy (non-hydrogen) atoms. The van der Waals surface area contributed by atoms with E-state index in [2.05, 4.69) is 31.3 Å². The summed E-state index contributed by atoms with van der Waals surface area (Å²) in [6.07, 6.45) is 5.61. The molecule has 0 aliphatic rings. The van der Waals surface area contributed by atoms with Gasteiger partial charge in [0.05, 0.1) is 25.2 Å². The van der Waals surface area contributed by atoms with Crippen molar-refractivity contribution < 1.29 is 9.15 Å². The third kappa shape index (κ3) is 3.64. The molecule has 0 amide bonds. The van der Waals surface area contributed by atoms with Gasteiger partial charge >= 0.3 is 0 Å². The second kappa shape index (κ2) is 7.75. The molecule has 108 valence electrons. The largest absolute Gasteiger partial charge is 0.493 e. The van der Waals surface area contributed by atoms with Gasteiger partial charge in [0.2, 0.25) is 0 Å². The zero-order valence-electron chi connectivity index (χ0n) is 12.3. The lowest BCUT2D eigenvalue weighted by atomic mass is 10.00. The fourth-order valence-electron chi connectivity index (χ4n) is 2.20. The Hall–Kier alpha value is -1.74. The highest BCUT2D eigenvalue weighted by molar-refractivity contribution is 5.40. The second-order valence-corrected chi connectivity index (χ2v) is 4.83. The molecule has 1 N–H and O–H groups in total. The molecule has 3 nitrogen and oxygen atoms in total. The number of para-hydroxylation sites is 1. The lowest BCUT2D eigenvalue weighted by Crippen LogP contribution is -2.23. The molecule has 1 heterocycles. The highest BCUT2D eigenvalue weighted by Gasteiger charge is 2.18. The Kier molecular flexibility index (Phi) is 5.69. The number of hydrogen-bond donors (Lipinski definition) is 1. The van der Waals surface area contributed by atoms with Gasteiger partial charge in [-0.05, 0) is 31.5 Å². The van der Waals surface area contributed by atoms with Crippen molar-refractivity contribution in [3.63, 3.8) is 0 Å². The molecule has 0 aliphatic heterocycles. The number of furan rings is 1. The molecule has 1 unspecified atom stereocenters. The van der Waals surface area contributed by atoms with Gasteiger partial charge in [0.25, 0.3) is 0 Å². The Labute approximate surface area is 121 Å². The van der Waals surface area contributed by atoms with E-state index in [4.69, 9.17) is 9.15 Å². The van der Waals surface area contributed by atoms with E-state index in [1.165, 1.54) is 0 Å². The Bertz CT molecular complexity index is 493. The second-order valence-electron chi connectivity index (χ2n) is 4.83. The van der Waals surface area contributed by atoms with Crippen LogP contribution in [0.25, 0.3) is 0 Å². The van der Waals surface area contributed by atoms with E-state index in [-0.39, 0.29) is 6.04 Å². The van der Waals surface area contributed by atoms with Crippen LogP contribution in [-0.2, 0) is 0 Å². The number of rotatable bonds is 8. The standard InChI is InChI=1S/C17H23NO2/c1-3-10-18-17(14-9-12-19-13-14)15-7-5-6-8-16(15)20-11-4-2/h5-9,12-13,17-18H,3-4,10-11H2,1-2H3. The number of hydrogen-bond acceptors (Lipinski definition) is 3. The molecule has 0 spiro atoms. The minimum absolute atomic E-state index is 0.113. The van der Waals surface area contributed by atoms with Crippen LogP contribution in [-0.4, -0.2) is 13.2 Å². The van der Waals surface area contributed by atoms with Gasteiger partial charge in [0.15, 0.2) is 0 Å². The van der Waals surface area contributed by atoms with Crippen molar-refractivity contribution in [2.75, 3.05) is 13.2 Å². The SMILES string of the molecule is CCCNC(c1ccoc1)c1ccccc1OCCC. The van der Waals surface area contributed by atoms with Crippen LogP contribution < -0.4 is 10.1 Å². The molecule has 0 aliphatic carbocycles. The van der Waals surface area contributed by atoms with Gasteiger partial charge in [0.1, 0.15) is 5.75 Å². The fraction of sp³-hybridized carbons (Fsp3) is 0.412. The minimum Gasteiger partial charge on any atom is -0.493 e. The Morgan fingerprint density at radius 2 is 2.00 bits per heavy atom. The van der Waals surface area contributed by atoms with Crippen LogP contribution in [0.2, 0.25) is 0 Å². The summed E-state index contributed by atoms with van der Waals surface area (Å²) < 4.78 is 11.1. The maximum absolute atomic E-state index is 5.87. The third-order valence-electron chi connectivity index (χ3n) is 3.17. The molecule has 0 radical (unpaired) electrons. The zero-order valence-corrected chi connectivity index (χ0v) is 12.3. The number of nitrogens with one attached hydrogen (secondary N) is 1. The lowest BCUT2D eigenvalue weighted by molar-refractivity contribution is 0.311. The summed E-state index contributed by atoms with van der Waals surface area (Å²) in [6.45, 7) is 5.98. The van der Waals surface area contributed by atoms with Gasteiger partial charge < -0.3 is 14.5 Å².